The molecule has 0 unspecified atom stereocenters. The molecule has 0 heterocycles. The molecule has 1 aliphatic carbocycles. The van der Waals surface area contributed by atoms with E-state index in [-0.39, 0.29) is 0 Å². The third-order valence-electron chi connectivity index (χ3n) is 2.71. The quantitative estimate of drug-likeness (QED) is 0.553. The zero-order chi connectivity index (χ0) is 11.3. The molecule has 0 atom stereocenters. The van der Waals surface area contributed by atoms with Gasteiger partial charge in [-0.05, 0) is 39.2 Å². The van der Waals surface area contributed by atoms with Crippen LogP contribution < -0.4 is 5.32 Å². The number of hydrogen-bond donors (Lipinski definition) is 1. The molecule has 0 aliphatic heterocycles. The zero-order valence-electron chi connectivity index (χ0n) is 10.1. The summed E-state index contributed by atoms with van der Waals surface area (Å²) in [6, 6.07) is 0.609. The van der Waals surface area contributed by atoms with E-state index in [9.17, 15) is 0 Å². The van der Waals surface area contributed by atoms with Crippen LogP contribution in [0.25, 0.3) is 0 Å². The van der Waals surface area contributed by atoms with Crippen LogP contribution in [0.3, 0.4) is 0 Å². The van der Waals surface area contributed by atoms with Crippen molar-refractivity contribution in [2.24, 2.45) is 4.99 Å². The molecule has 0 spiro atoms. The summed E-state index contributed by atoms with van der Waals surface area (Å²) in [5, 5.41) is 3.52. The molecule has 1 aliphatic rings. The molecule has 1 saturated carbocycles. The molecule has 0 aromatic heterocycles. The van der Waals surface area contributed by atoms with Crippen LogP contribution in [-0.2, 0) is 0 Å². The maximum atomic E-state index is 4.53. The molecule has 0 saturated heterocycles. The fourth-order valence-corrected chi connectivity index (χ4v) is 1.82. The summed E-state index contributed by atoms with van der Waals surface area (Å²) in [5.74, 6) is 0.997. The maximum Gasteiger partial charge on any atom is 0.128 e. The molecule has 15 heavy (non-hydrogen) atoms. The van der Waals surface area contributed by atoms with Crippen molar-refractivity contribution in [1.82, 2.24) is 5.32 Å². The van der Waals surface area contributed by atoms with Crippen LogP contribution in [0.1, 0.15) is 46.5 Å². The molecule has 84 valence electrons. The summed E-state index contributed by atoms with van der Waals surface area (Å²) in [6.07, 6.45) is 7.09. The third kappa shape index (κ3) is 3.90. The van der Waals surface area contributed by atoms with Gasteiger partial charge in [-0.2, -0.15) is 0 Å². The molecule has 0 radical (unpaired) electrons. The van der Waals surface area contributed by atoms with E-state index in [1.54, 1.807) is 0 Å². The maximum absolute atomic E-state index is 4.53. The average Bonchev–Trinajstić information content (AvgIpc) is 2.67. The van der Waals surface area contributed by atoms with Gasteiger partial charge in [0.25, 0.3) is 0 Å². The third-order valence-corrected chi connectivity index (χ3v) is 2.71. The standard InChI is InChI=1S/C13H22N2/c1-5-11(4)13(14-10(2)3)15-12-8-6-7-9-12/h5,12,15H,1,6-9H2,2-4H3/b13-11+. The number of nitrogens with one attached hydrogen (secondary N) is 1. The van der Waals surface area contributed by atoms with Gasteiger partial charge >= 0.3 is 0 Å². The van der Waals surface area contributed by atoms with Gasteiger partial charge in [-0.3, -0.25) is 0 Å². The van der Waals surface area contributed by atoms with Gasteiger partial charge in [-0.25, -0.2) is 4.99 Å². The SMILES string of the molecule is C=C/C(C)=C(\N=C(C)C)NC1CCCC1. The molecular formula is C13H22N2. The molecular weight excluding hydrogens is 184 g/mol. The molecule has 0 aromatic rings. The van der Waals surface area contributed by atoms with Crippen molar-refractivity contribution < 1.29 is 0 Å². The van der Waals surface area contributed by atoms with E-state index in [2.05, 4.69) is 23.8 Å². The van der Waals surface area contributed by atoms with Gasteiger partial charge in [0.05, 0.1) is 0 Å². The number of rotatable bonds is 4. The second-order valence-electron chi connectivity index (χ2n) is 4.42. The van der Waals surface area contributed by atoms with Crippen LogP contribution >= 0.6 is 0 Å². The van der Waals surface area contributed by atoms with Gasteiger partial charge in [0.15, 0.2) is 0 Å². The first kappa shape index (κ1) is 12.0. The Morgan fingerprint density at radius 3 is 2.33 bits per heavy atom. The molecule has 1 N–H and O–H groups in total. The Kier molecular flexibility index (Phi) is 4.60. The lowest BCUT2D eigenvalue weighted by Crippen LogP contribution is -2.25. The first-order valence-electron chi connectivity index (χ1n) is 5.75. The van der Waals surface area contributed by atoms with Crippen molar-refractivity contribution >= 4 is 5.71 Å². The molecule has 1 fully saturated rings. The van der Waals surface area contributed by atoms with Crippen molar-refractivity contribution in [3.05, 3.63) is 24.0 Å². The molecule has 2 heteroatoms. The highest BCUT2D eigenvalue weighted by Gasteiger charge is 2.15. The normalized spacial score (nSPS) is 18.3. The van der Waals surface area contributed by atoms with Crippen molar-refractivity contribution in [2.45, 2.75) is 52.5 Å². The smallest absolute Gasteiger partial charge is 0.128 e. The van der Waals surface area contributed by atoms with E-state index in [1.807, 2.05) is 19.9 Å². The van der Waals surface area contributed by atoms with E-state index in [0.717, 1.165) is 17.1 Å². The lowest BCUT2D eigenvalue weighted by molar-refractivity contribution is 0.578. The number of allylic oxidation sites excluding steroid dienone is 2. The second-order valence-corrected chi connectivity index (χ2v) is 4.42. The van der Waals surface area contributed by atoms with Crippen LogP contribution in [0.15, 0.2) is 29.0 Å². The van der Waals surface area contributed by atoms with Gasteiger partial charge in [0.1, 0.15) is 5.82 Å². The Bertz CT molecular complexity index is 277. The number of aliphatic imine (C=N–C) groups is 1. The summed E-state index contributed by atoms with van der Waals surface area (Å²) in [5.41, 5.74) is 2.21. The minimum atomic E-state index is 0.609. The highest BCUT2D eigenvalue weighted by molar-refractivity contribution is 5.80. The molecule has 0 aromatic carbocycles. The summed E-state index contributed by atoms with van der Waals surface area (Å²) in [7, 11) is 0. The first-order valence-corrected chi connectivity index (χ1v) is 5.75. The van der Waals surface area contributed by atoms with Crippen molar-refractivity contribution in [3.63, 3.8) is 0 Å². The summed E-state index contributed by atoms with van der Waals surface area (Å²) in [6.45, 7) is 9.89. The van der Waals surface area contributed by atoms with Gasteiger partial charge < -0.3 is 5.32 Å². The number of nitrogens with zero attached hydrogens (tertiary/aromatic N) is 1. The molecule has 0 amide bonds. The Labute approximate surface area is 93.2 Å². The van der Waals surface area contributed by atoms with E-state index in [0.29, 0.717) is 6.04 Å². The molecule has 1 rings (SSSR count). The van der Waals surface area contributed by atoms with Crippen LogP contribution in [-0.4, -0.2) is 11.8 Å². The minimum absolute atomic E-state index is 0.609. The van der Waals surface area contributed by atoms with Crippen molar-refractivity contribution in [1.29, 1.82) is 0 Å². The van der Waals surface area contributed by atoms with Crippen molar-refractivity contribution in [2.75, 3.05) is 0 Å². The Hall–Kier alpha value is -1.05. The Morgan fingerprint density at radius 2 is 1.87 bits per heavy atom. The lowest BCUT2D eigenvalue weighted by Gasteiger charge is -2.15. The van der Waals surface area contributed by atoms with E-state index in [4.69, 9.17) is 0 Å². The van der Waals surface area contributed by atoms with E-state index < -0.39 is 0 Å². The Morgan fingerprint density at radius 1 is 1.27 bits per heavy atom. The fraction of sp³-hybridized carbons (Fsp3) is 0.615. The highest BCUT2D eigenvalue weighted by Crippen LogP contribution is 2.19. The number of hydrogen-bond acceptors (Lipinski definition) is 2. The van der Waals surface area contributed by atoms with Gasteiger partial charge in [0.2, 0.25) is 0 Å². The van der Waals surface area contributed by atoms with Gasteiger partial charge in [0, 0.05) is 11.8 Å². The van der Waals surface area contributed by atoms with Crippen LogP contribution in [0.5, 0.6) is 0 Å². The molecule has 2 nitrogen and oxygen atoms in total. The average molecular weight is 206 g/mol. The predicted octanol–water partition coefficient (Wildman–Crippen LogP) is 3.42. The van der Waals surface area contributed by atoms with E-state index in [1.165, 1.54) is 25.7 Å². The zero-order valence-corrected chi connectivity index (χ0v) is 10.1. The topological polar surface area (TPSA) is 24.4 Å². The minimum Gasteiger partial charge on any atom is -0.367 e. The fourth-order valence-electron chi connectivity index (χ4n) is 1.82. The monoisotopic (exact) mass is 206 g/mol. The first-order chi connectivity index (χ1) is 7.13. The predicted molar refractivity (Wildman–Crippen MR) is 67.1 cm³/mol. The lowest BCUT2D eigenvalue weighted by atomic mass is 10.2. The summed E-state index contributed by atoms with van der Waals surface area (Å²) in [4.78, 5) is 4.53. The highest BCUT2D eigenvalue weighted by atomic mass is 15.1. The largest absolute Gasteiger partial charge is 0.367 e. The molecule has 0 bridgehead atoms. The summed E-state index contributed by atoms with van der Waals surface area (Å²) < 4.78 is 0. The second kappa shape index (κ2) is 5.74. The van der Waals surface area contributed by atoms with Gasteiger partial charge in [-0.15, -0.1) is 0 Å². The van der Waals surface area contributed by atoms with Gasteiger partial charge in [-0.1, -0.05) is 25.5 Å². The summed E-state index contributed by atoms with van der Waals surface area (Å²) >= 11 is 0. The van der Waals surface area contributed by atoms with Crippen molar-refractivity contribution in [3.8, 4) is 0 Å². The van der Waals surface area contributed by atoms with Crippen LogP contribution in [0, 0.1) is 0 Å². The Balaban J connectivity index is 2.73. The van der Waals surface area contributed by atoms with Crippen LogP contribution in [0.4, 0.5) is 0 Å². The van der Waals surface area contributed by atoms with Crippen LogP contribution in [0.2, 0.25) is 0 Å². The van der Waals surface area contributed by atoms with E-state index >= 15 is 0 Å².